The van der Waals surface area contributed by atoms with Gasteiger partial charge in [0, 0.05) is 11.1 Å². The summed E-state index contributed by atoms with van der Waals surface area (Å²) in [5, 5.41) is 11.0. The summed E-state index contributed by atoms with van der Waals surface area (Å²) in [5.41, 5.74) is 6.11. The number of H-pyrrole nitrogens is 1. The number of nitrogens with zero attached hydrogens (tertiary/aromatic N) is 2. The van der Waals surface area contributed by atoms with Crippen molar-refractivity contribution in [1.29, 1.82) is 0 Å². The van der Waals surface area contributed by atoms with Crippen LogP contribution >= 0.6 is 0 Å². The van der Waals surface area contributed by atoms with Crippen molar-refractivity contribution in [2.75, 3.05) is 7.11 Å². The molecule has 32 heavy (non-hydrogen) atoms. The summed E-state index contributed by atoms with van der Waals surface area (Å²) >= 11 is 0. The van der Waals surface area contributed by atoms with Gasteiger partial charge in [0.1, 0.15) is 23.8 Å². The molecular weight excluding hydrogens is 404 g/mol. The highest BCUT2D eigenvalue weighted by Crippen LogP contribution is 2.23. The van der Waals surface area contributed by atoms with E-state index >= 15 is 0 Å². The van der Waals surface area contributed by atoms with Crippen molar-refractivity contribution >= 4 is 12.1 Å². The second kappa shape index (κ2) is 10.1. The summed E-state index contributed by atoms with van der Waals surface area (Å²) in [4.78, 5) is 12.4. The molecular formula is C25H22N4O3. The Morgan fingerprint density at radius 1 is 1.03 bits per heavy atom. The second-order valence-corrected chi connectivity index (χ2v) is 6.91. The molecule has 160 valence electrons. The number of rotatable bonds is 8. The number of aromatic nitrogens is 2. The lowest BCUT2D eigenvalue weighted by atomic mass is 10.1. The number of carbonyl (C=O) groups excluding carboxylic acids is 1. The normalized spacial score (nSPS) is 10.8. The largest absolute Gasteiger partial charge is 0.496 e. The lowest BCUT2D eigenvalue weighted by molar-refractivity contribution is 0.0950. The third-order valence-electron chi connectivity index (χ3n) is 4.71. The topological polar surface area (TPSA) is 88.6 Å². The maximum Gasteiger partial charge on any atom is 0.289 e. The van der Waals surface area contributed by atoms with Crippen molar-refractivity contribution in [2.45, 2.75) is 6.61 Å². The number of amides is 1. The number of hydrogen-bond acceptors (Lipinski definition) is 5. The number of nitrogens with one attached hydrogen (secondary N) is 2. The van der Waals surface area contributed by atoms with Gasteiger partial charge in [0.2, 0.25) is 0 Å². The van der Waals surface area contributed by atoms with E-state index in [0.29, 0.717) is 23.7 Å². The smallest absolute Gasteiger partial charge is 0.289 e. The van der Waals surface area contributed by atoms with E-state index in [0.717, 1.165) is 22.4 Å². The Morgan fingerprint density at radius 2 is 1.84 bits per heavy atom. The van der Waals surface area contributed by atoms with Gasteiger partial charge in [-0.15, -0.1) is 0 Å². The molecule has 2 N–H and O–H groups in total. The zero-order valence-electron chi connectivity index (χ0n) is 17.5. The van der Waals surface area contributed by atoms with Crippen LogP contribution in [0.3, 0.4) is 0 Å². The average Bonchev–Trinajstić information content (AvgIpc) is 3.34. The highest BCUT2D eigenvalue weighted by atomic mass is 16.5. The summed E-state index contributed by atoms with van der Waals surface area (Å²) < 4.78 is 11.1. The van der Waals surface area contributed by atoms with E-state index in [1.54, 1.807) is 13.2 Å². The zero-order valence-corrected chi connectivity index (χ0v) is 17.5. The molecule has 0 aliphatic rings. The van der Waals surface area contributed by atoms with Crippen molar-refractivity contribution in [1.82, 2.24) is 15.6 Å². The fraction of sp³-hybridized carbons (Fsp3) is 0.0800. The Kier molecular flexibility index (Phi) is 6.57. The summed E-state index contributed by atoms with van der Waals surface area (Å²) in [6.07, 6.45) is 1.53. The number of methoxy groups -OCH3 is 1. The molecule has 7 heteroatoms. The number of aromatic amines is 1. The van der Waals surface area contributed by atoms with Crippen molar-refractivity contribution in [2.24, 2.45) is 5.10 Å². The van der Waals surface area contributed by atoms with E-state index in [1.807, 2.05) is 78.9 Å². The minimum atomic E-state index is -0.397. The molecule has 0 bridgehead atoms. The van der Waals surface area contributed by atoms with E-state index in [2.05, 4.69) is 20.7 Å². The Labute approximate surface area is 185 Å². The van der Waals surface area contributed by atoms with Gasteiger partial charge in [-0.1, -0.05) is 54.6 Å². The molecule has 0 saturated carbocycles. The molecule has 0 saturated heterocycles. The first-order valence-electron chi connectivity index (χ1n) is 10.0. The Hall–Kier alpha value is -4.39. The van der Waals surface area contributed by atoms with Crippen LogP contribution in [0.5, 0.6) is 11.5 Å². The fourth-order valence-corrected chi connectivity index (χ4v) is 3.07. The lowest BCUT2D eigenvalue weighted by Gasteiger charge is -2.07. The van der Waals surface area contributed by atoms with E-state index in [1.165, 1.54) is 6.21 Å². The molecule has 7 nitrogen and oxygen atoms in total. The van der Waals surface area contributed by atoms with Gasteiger partial charge < -0.3 is 9.47 Å². The average molecular weight is 426 g/mol. The molecule has 0 fully saturated rings. The number of para-hydroxylation sites is 1. The quantitative estimate of drug-likeness (QED) is 0.322. The third-order valence-corrected chi connectivity index (χ3v) is 4.71. The molecule has 1 amide bonds. The van der Waals surface area contributed by atoms with Crippen molar-refractivity contribution in [3.63, 3.8) is 0 Å². The van der Waals surface area contributed by atoms with E-state index < -0.39 is 5.91 Å². The number of benzene rings is 3. The predicted molar refractivity (Wildman–Crippen MR) is 123 cm³/mol. The van der Waals surface area contributed by atoms with Gasteiger partial charge in [0.25, 0.3) is 5.91 Å². The van der Waals surface area contributed by atoms with Gasteiger partial charge in [0.15, 0.2) is 0 Å². The Bertz CT molecular complexity index is 1220. The maximum absolute atomic E-state index is 12.4. The van der Waals surface area contributed by atoms with E-state index in [-0.39, 0.29) is 0 Å². The van der Waals surface area contributed by atoms with Crippen LogP contribution in [0.4, 0.5) is 0 Å². The van der Waals surface area contributed by atoms with Gasteiger partial charge in [-0.05, 0) is 35.9 Å². The summed E-state index contributed by atoms with van der Waals surface area (Å²) in [5.74, 6) is 0.997. The maximum atomic E-state index is 12.4. The van der Waals surface area contributed by atoms with Gasteiger partial charge in [-0.3, -0.25) is 9.89 Å². The molecule has 4 aromatic rings. The predicted octanol–water partition coefficient (Wildman–Crippen LogP) is 4.43. The van der Waals surface area contributed by atoms with Crippen LogP contribution in [-0.4, -0.2) is 29.4 Å². The number of ether oxygens (including phenoxy) is 2. The molecule has 0 aliphatic carbocycles. The highest BCUT2D eigenvalue weighted by molar-refractivity contribution is 5.94. The minimum Gasteiger partial charge on any atom is -0.496 e. The number of hydrogen-bond donors (Lipinski definition) is 2. The Morgan fingerprint density at radius 3 is 2.69 bits per heavy atom. The van der Waals surface area contributed by atoms with Crippen LogP contribution in [0, 0.1) is 0 Å². The van der Waals surface area contributed by atoms with Crippen LogP contribution in [0.15, 0.2) is 90.0 Å². The summed E-state index contributed by atoms with van der Waals surface area (Å²) in [6, 6.07) is 26.6. The molecule has 0 atom stereocenters. The first-order chi connectivity index (χ1) is 15.7. The molecule has 0 spiro atoms. The third kappa shape index (κ3) is 5.20. The van der Waals surface area contributed by atoms with Gasteiger partial charge in [-0.2, -0.15) is 10.2 Å². The first-order valence-corrected chi connectivity index (χ1v) is 10.0. The van der Waals surface area contributed by atoms with Gasteiger partial charge in [-0.25, -0.2) is 5.43 Å². The SMILES string of the molecule is COc1ccccc1/C=N\NC(=O)c1cc(-c2cccc(OCc3ccccc3)c2)n[nH]1. The van der Waals surface area contributed by atoms with Crippen LogP contribution in [0.1, 0.15) is 21.6 Å². The second-order valence-electron chi connectivity index (χ2n) is 6.91. The molecule has 0 aliphatic heterocycles. The Balaban J connectivity index is 1.39. The molecule has 0 unspecified atom stereocenters. The first kappa shape index (κ1) is 20.9. The molecule has 1 aromatic heterocycles. The monoisotopic (exact) mass is 426 g/mol. The standard InChI is InChI=1S/C25H22N4O3/c1-31-24-13-6-5-10-20(24)16-26-29-25(30)23-15-22(27-28-23)19-11-7-12-21(14-19)32-17-18-8-3-2-4-9-18/h2-16H,17H2,1H3,(H,27,28)(H,29,30)/b26-16-. The summed E-state index contributed by atoms with van der Waals surface area (Å²) in [6.45, 7) is 0.475. The summed E-state index contributed by atoms with van der Waals surface area (Å²) in [7, 11) is 1.58. The van der Waals surface area contributed by atoms with Gasteiger partial charge >= 0.3 is 0 Å². The van der Waals surface area contributed by atoms with Crippen LogP contribution in [0.25, 0.3) is 11.3 Å². The molecule has 0 radical (unpaired) electrons. The highest BCUT2D eigenvalue weighted by Gasteiger charge is 2.11. The van der Waals surface area contributed by atoms with Crippen LogP contribution in [0.2, 0.25) is 0 Å². The fourth-order valence-electron chi connectivity index (χ4n) is 3.07. The zero-order chi connectivity index (χ0) is 22.2. The lowest BCUT2D eigenvalue weighted by Crippen LogP contribution is -2.18. The van der Waals surface area contributed by atoms with Crippen molar-refractivity contribution in [3.05, 3.63) is 102 Å². The molecule has 4 rings (SSSR count). The minimum absolute atomic E-state index is 0.299. The van der Waals surface area contributed by atoms with Crippen molar-refractivity contribution in [3.8, 4) is 22.8 Å². The van der Waals surface area contributed by atoms with Crippen LogP contribution < -0.4 is 14.9 Å². The van der Waals surface area contributed by atoms with Gasteiger partial charge in [0.05, 0.1) is 19.0 Å². The van der Waals surface area contributed by atoms with Crippen LogP contribution in [-0.2, 0) is 6.61 Å². The van der Waals surface area contributed by atoms with E-state index in [4.69, 9.17) is 9.47 Å². The molecule has 1 heterocycles. The molecule has 3 aromatic carbocycles. The number of carbonyl (C=O) groups is 1. The van der Waals surface area contributed by atoms with Crippen molar-refractivity contribution < 1.29 is 14.3 Å². The van der Waals surface area contributed by atoms with E-state index in [9.17, 15) is 4.79 Å². The number of hydrazone groups is 1.